The summed E-state index contributed by atoms with van der Waals surface area (Å²) < 4.78 is 5.48. The fourth-order valence-corrected chi connectivity index (χ4v) is 1.53. The van der Waals surface area contributed by atoms with Gasteiger partial charge in [0.1, 0.15) is 18.5 Å². The van der Waals surface area contributed by atoms with Gasteiger partial charge in [-0.15, -0.1) is 0 Å². The Labute approximate surface area is 114 Å². The molecule has 0 spiro atoms. The minimum atomic E-state index is -0.628. The summed E-state index contributed by atoms with van der Waals surface area (Å²) in [6.45, 7) is 4.48. The van der Waals surface area contributed by atoms with Gasteiger partial charge in [-0.05, 0) is 33.0 Å². The van der Waals surface area contributed by atoms with Gasteiger partial charge in [-0.2, -0.15) is 0 Å². The maximum Gasteiger partial charge on any atom is 0.121 e. The molecule has 108 valence electrons. The van der Waals surface area contributed by atoms with E-state index in [1.165, 1.54) is 0 Å². The summed E-state index contributed by atoms with van der Waals surface area (Å²) >= 11 is 0. The van der Waals surface area contributed by atoms with Crippen molar-refractivity contribution in [3.05, 3.63) is 24.3 Å². The molecule has 0 radical (unpaired) electrons. The molecule has 19 heavy (non-hydrogen) atoms. The smallest absolute Gasteiger partial charge is 0.121 e. The molecule has 1 atom stereocenters. The number of β-amino-alcohol motifs (C(OH)–C–C–N with tert-alkyl or cyclic N) is 1. The minimum Gasteiger partial charge on any atom is -0.491 e. The van der Waals surface area contributed by atoms with Crippen molar-refractivity contribution in [2.75, 3.05) is 32.5 Å². The van der Waals surface area contributed by atoms with Crippen LogP contribution in [0.1, 0.15) is 13.8 Å². The van der Waals surface area contributed by atoms with Gasteiger partial charge in [0.05, 0.1) is 6.61 Å². The molecule has 1 aromatic carbocycles. The summed E-state index contributed by atoms with van der Waals surface area (Å²) in [4.78, 5) is 1.90. The molecule has 0 aliphatic rings. The number of hydrogen-bond donors (Lipinski definition) is 3. The van der Waals surface area contributed by atoms with Crippen molar-refractivity contribution in [2.24, 2.45) is 0 Å². The first-order valence-electron chi connectivity index (χ1n) is 6.33. The number of nitrogens with zero attached hydrogens (tertiary/aromatic N) is 1. The Bertz CT molecular complexity index is 396. The molecule has 0 saturated carbocycles. The first-order valence-corrected chi connectivity index (χ1v) is 6.33. The average Bonchev–Trinajstić information content (AvgIpc) is 2.36. The molecule has 0 bridgehead atoms. The molecule has 0 aromatic heterocycles. The van der Waals surface area contributed by atoms with E-state index in [0.717, 1.165) is 0 Å². The van der Waals surface area contributed by atoms with Crippen LogP contribution in [0.3, 0.4) is 0 Å². The van der Waals surface area contributed by atoms with Crippen molar-refractivity contribution in [3.63, 3.8) is 0 Å². The summed E-state index contributed by atoms with van der Waals surface area (Å²) in [5.74, 6) is 0.642. The van der Waals surface area contributed by atoms with Crippen LogP contribution >= 0.6 is 0 Å². The topological polar surface area (TPSA) is 79.0 Å². The number of anilines is 1. The average molecular weight is 268 g/mol. The number of rotatable bonds is 7. The standard InChI is InChI=1S/C14H24N2O3/c1-14(2,10-17)16(3)8-12(18)9-19-13-6-4-5-11(15)7-13/h4-7,12,17-18H,8-10,15H2,1-3H3. The van der Waals surface area contributed by atoms with Crippen molar-refractivity contribution < 1.29 is 14.9 Å². The number of nitrogens with two attached hydrogens (primary N) is 1. The Morgan fingerprint density at radius 2 is 2.11 bits per heavy atom. The van der Waals surface area contributed by atoms with E-state index in [9.17, 15) is 10.2 Å². The number of hydrogen-bond acceptors (Lipinski definition) is 5. The predicted octanol–water partition coefficient (Wildman–Crippen LogP) is 0.711. The first kappa shape index (κ1) is 15.8. The van der Waals surface area contributed by atoms with Gasteiger partial charge in [0.25, 0.3) is 0 Å². The minimum absolute atomic E-state index is 0.0340. The van der Waals surface area contributed by atoms with Crippen LogP contribution < -0.4 is 10.5 Å². The molecule has 1 aromatic rings. The molecule has 5 nitrogen and oxygen atoms in total. The third-order valence-corrected chi connectivity index (χ3v) is 3.21. The highest BCUT2D eigenvalue weighted by Gasteiger charge is 2.24. The van der Waals surface area contributed by atoms with Crippen LogP contribution in [0.5, 0.6) is 5.75 Å². The lowest BCUT2D eigenvalue weighted by Crippen LogP contribution is -2.48. The fraction of sp³-hybridized carbons (Fsp3) is 0.571. The second-order valence-corrected chi connectivity index (χ2v) is 5.39. The van der Waals surface area contributed by atoms with Crippen LogP contribution in [0.4, 0.5) is 5.69 Å². The Kier molecular flexibility index (Phi) is 5.60. The normalized spacial score (nSPS) is 13.6. The Morgan fingerprint density at radius 1 is 1.42 bits per heavy atom. The van der Waals surface area contributed by atoms with Crippen molar-refractivity contribution >= 4 is 5.69 Å². The lowest BCUT2D eigenvalue weighted by molar-refractivity contribution is 0.0193. The Balaban J connectivity index is 2.42. The van der Waals surface area contributed by atoms with Crippen LogP contribution in [-0.2, 0) is 0 Å². The zero-order chi connectivity index (χ0) is 14.5. The summed E-state index contributed by atoms with van der Waals surface area (Å²) in [6.07, 6.45) is -0.628. The number of likely N-dealkylation sites (N-methyl/N-ethyl adjacent to an activating group) is 1. The summed E-state index contributed by atoms with van der Waals surface area (Å²) in [5, 5.41) is 19.2. The predicted molar refractivity (Wildman–Crippen MR) is 76.2 cm³/mol. The highest BCUT2D eigenvalue weighted by molar-refractivity contribution is 5.43. The van der Waals surface area contributed by atoms with Gasteiger partial charge in [-0.25, -0.2) is 0 Å². The van der Waals surface area contributed by atoms with Gasteiger partial charge in [0.15, 0.2) is 0 Å². The van der Waals surface area contributed by atoms with E-state index in [2.05, 4.69) is 0 Å². The molecule has 0 aliphatic heterocycles. The second-order valence-electron chi connectivity index (χ2n) is 5.39. The lowest BCUT2D eigenvalue weighted by atomic mass is 10.0. The number of aliphatic hydroxyl groups excluding tert-OH is 2. The molecular formula is C14H24N2O3. The van der Waals surface area contributed by atoms with E-state index in [4.69, 9.17) is 10.5 Å². The number of benzene rings is 1. The zero-order valence-corrected chi connectivity index (χ0v) is 11.8. The summed E-state index contributed by atoms with van der Waals surface area (Å²) in [7, 11) is 1.86. The molecule has 1 rings (SSSR count). The lowest BCUT2D eigenvalue weighted by Gasteiger charge is -2.35. The van der Waals surface area contributed by atoms with Crippen LogP contribution in [0.2, 0.25) is 0 Å². The molecule has 0 fully saturated rings. The highest BCUT2D eigenvalue weighted by Crippen LogP contribution is 2.15. The largest absolute Gasteiger partial charge is 0.491 e. The van der Waals surface area contributed by atoms with E-state index in [0.29, 0.717) is 18.0 Å². The number of ether oxygens (including phenoxy) is 1. The van der Waals surface area contributed by atoms with Crippen LogP contribution in [0.15, 0.2) is 24.3 Å². The summed E-state index contributed by atoms with van der Waals surface area (Å²) in [6, 6.07) is 7.09. The van der Waals surface area contributed by atoms with E-state index in [1.807, 2.05) is 25.8 Å². The molecule has 5 heteroatoms. The Morgan fingerprint density at radius 3 is 2.68 bits per heavy atom. The summed E-state index contributed by atoms with van der Waals surface area (Å²) in [5.41, 5.74) is 5.91. The maximum atomic E-state index is 9.93. The number of nitrogen functional groups attached to an aromatic ring is 1. The van der Waals surface area contributed by atoms with Crippen molar-refractivity contribution in [2.45, 2.75) is 25.5 Å². The van der Waals surface area contributed by atoms with E-state index >= 15 is 0 Å². The number of aliphatic hydroxyl groups is 2. The van der Waals surface area contributed by atoms with Gasteiger partial charge >= 0.3 is 0 Å². The van der Waals surface area contributed by atoms with E-state index in [1.54, 1.807) is 24.3 Å². The highest BCUT2D eigenvalue weighted by atomic mass is 16.5. The van der Waals surface area contributed by atoms with E-state index < -0.39 is 6.10 Å². The molecule has 0 saturated heterocycles. The van der Waals surface area contributed by atoms with Crippen LogP contribution in [0, 0.1) is 0 Å². The molecular weight excluding hydrogens is 244 g/mol. The van der Waals surface area contributed by atoms with Crippen LogP contribution in [0.25, 0.3) is 0 Å². The van der Waals surface area contributed by atoms with Crippen molar-refractivity contribution in [1.82, 2.24) is 4.90 Å². The van der Waals surface area contributed by atoms with Crippen molar-refractivity contribution in [3.8, 4) is 5.75 Å². The monoisotopic (exact) mass is 268 g/mol. The van der Waals surface area contributed by atoms with Gasteiger partial charge < -0.3 is 20.7 Å². The quantitative estimate of drug-likeness (QED) is 0.635. The third kappa shape index (κ3) is 5.06. The van der Waals surface area contributed by atoms with Gasteiger partial charge in [0, 0.05) is 23.8 Å². The molecule has 4 N–H and O–H groups in total. The van der Waals surface area contributed by atoms with Gasteiger partial charge in [-0.3, -0.25) is 4.90 Å². The SMILES string of the molecule is CN(CC(O)COc1cccc(N)c1)C(C)(C)CO. The zero-order valence-electron chi connectivity index (χ0n) is 11.8. The molecule has 0 amide bonds. The fourth-order valence-electron chi connectivity index (χ4n) is 1.53. The van der Waals surface area contributed by atoms with Crippen LogP contribution in [-0.4, -0.2) is 53.6 Å². The van der Waals surface area contributed by atoms with Crippen molar-refractivity contribution in [1.29, 1.82) is 0 Å². The second kappa shape index (κ2) is 6.75. The van der Waals surface area contributed by atoms with Gasteiger partial charge in [0.2, 0.25) is 0 Å². The maximum absolute atomic E-state index is 9.93. The third-order valence-electron chi connectivity index (χ3n) is 3.21. The van der Waals surface area contributed by atoms with Gasteiger partial charge in [-0.1, -0.05) is 6.07 Å². The Hall–Kier alpha value is -1.30. The molecule has 0 heterocycles. The van der Waals surface area contributed by atoms with E-state index in [-0.39, 0.29) is 18.8 Å². The first-order chi connectivity index (χ1) is 8.85. The molecule has 0 aliphatic carbocycles. The molecule has 1 unspecified atom stereocenters.